The largest absolute Gasteiger partial charge is 0.378 e. The topological polar surface area (TPSA) is 29.5 Å². The van der Waals surface area contributed by atoms with Crippen molar-refractivity contribution in [3.8, 4) is 0 Å². The summed E-state index contributed by atoms with van der Waals surface area (Å²) in [6, 6.07) is 0. The van der Waals surface area contributed by atoms with Crippen LogP contribution in [0.3, 0.4) is 0 Å². The number of hydrogen-bond donors (Lipinski definition) is 0. The summed E-state index contributed by atoms with van der Waals surface area (Å²) in [5.41, 5.74) is 0. The minimum atomic E-state index is 0.0858. The summed E-state index contributed by atoms with van der Waals surface area (Å²) in [6.45, 7) is 2.78. The molecular weight excluding hydrogens is 257 g/mol. The molecule has 0 unspecified atom stereocenters. The van der Waals surface area contributed by atoms with Crippen molar-refractivity contribution in [1.29, 1.82) is 0 Å². The zero-order valence-corrected chi connectivity index (χ0v) is 8.28. The van der Waals surface area contributed by atoms with Crippen molar-refractivity contribution in [2.75, 3.05) is 26.3 Å². The fraction of sp³-hybridized carbons (Fsp3) is 0.571. The smallest absolute Gasteiger partial charge is 0.247 e. The first-order valence-corrected chi connectivity index (χ1v) is 4.72. The average Bonchev–Trinajstić information content (AvgIpc) is 2.07. The Morgan fingerprint density at radius 3 is 2.64 bits per heavy atom. The van der Waals surface area contributed by atoms with Crippen LogP contribution in [0.15, 0.2) is 10.2 Å². The molecule has 1 aliphatic rings. The third-order valence-electron chi connectivity index (χ3n) is 1.53. The van der Waals surface area contributed by atoms with Crippen LogP contribution in [0.2, 0.25) is 0 Å². The van der Waals surface area contributed by atoms with Gasteiger partial charge in [-0.15, -0.1) is 0 Å². The van der Waals surface area contributed by atoms with Gasteiger partial charge >= 0.3 is 0 Å². The zero-order valence-electron chi connectivity index (χ0n) is 6.12. The molecule has 11 heavy (non-hydrogen) atoms. The molecule has 0 radical (unpaired) electrons. The summed E-state index contributed by atoms with van der Waals surface area (Å²) in [6.07, 6.45) is 1.58. The molecule has 1 saturated heterocycles. The van der Waals surface area contributed by atoms with Crippen LogP contribution in [0.4, 0.5) is 0 Å². The van der Waals surface area contributed by atoms with Gasteiger partial charge in [0.15, 0.2) is 0 Å². The highest BCUT2D eigenvalue weighted by atomic mass is 127. The molecule has 0 aromatic heterocycles. The van der Waals surface area contributed by atoms with Crippen molar-refractivity contribution >= 4 is 28.5 Å². The lowest BCUT2D eigenvalue weighted by Crippen LogP contribution is -2.39. The third-order valence-corrected chi connectivity index (χ3v) is 1.89. The normalized spacial score (nSPS) is 19.2. The number of halogens is 1. The van der Waals surface area contributed by atoms with Crippen molar-refractivity contribution in [2.45, 2.75) is 0 Å². The van der Waals surface area contributed by atoms with Gasteiger partial charge in [0.25, 0.3) is 0 Å². The molecule has 1 fully saturated rings. The number of nitrogens with zero attached hydrogens (tertiary/aromatic N) is 1. The number of morpholine rings is 1. The lowest BCUT2D eigenvalue weighted by molar-refractivity contribution is -0.129. The molecule has 1 aliphatic heterocycles. The van der Waals surface area contributed by atoms with E-state index in [9.17, 15) is 4.79 Å². The Hall–Kier alpha value is -0.100. The van der Waals surface area contributed by atoms with Crippen LogP contribution in [-0.2, 0) is 9.53 Å². The molecule has 0 atom stereocenters. The summed E-state index contributed by atoms with van der Waals surface area (Å²) in [4.78, 5) is 13.0. The first-order chi connectivity index (χ1) is 5.34. The molecule has 3 nitrogen and oxygen atoms in total. The number of amides is 1. The maximum absolute atomic E-state index is 11.2. The molecule has 1 amide bonds. The van der Waals surface area contributed by atoms with Crippen LogP contribution >= 0.6 is 22.6 Å². The molecule has 0 aromatic carbocycles. The van der Waals surface area contributed by atoms with Gasteiger partial charge in [-0.1, -0.05) is 22.6 Å². The fourth-order valence-electron chi connectivity index (χ4n) is 0.943. The minimum Gasteiger partial charge on any atom is -0.378 e. The van der Waals surface area contributed by atoms with Crippen LogP contribution in [0, 0.1) is 0 Å². The van der Waals surface area contributed by atoms with E-state index in [0.29, 0.717) is 13.2 Å². The van der Waals surface area contributed by atoms with Crippen molar-refractivity contribution in [2.24, 2.45) is 0 Å². The number of rotatable bonds is 1. The molecule has 0 aromatic rings. The highest BCUT2D eigenvalue weighted by Gasteiger charge is 2.13. The van der Waals surface area contributed by atoms with E-state index in [2.05, 4.69) is 0 Å². The van der Waals surface area contributed by atoms with Crippen molar-refractivity contribution in [1.82, 2.24) is 4.90 Å². The number of ether oxygens (including phenoxy) is 1. The lowest BCUT2D eigenvalue weighted by atomic mass is 10.4. The maximum Gasteiger partial charge on any atom is 0.247 e. The van der Waals surface area contributed by atoms with Crippen LogP contribution < -0.4 is 0 Å². The first kappa shape index (κ1) is 8.99. The Labute approximate surface area is 79.5 Å². The number of carbonyl (C=O) groups is 1. The zero-order chi connectivity index (χ0) is 8.10. The molecule has 1 heterocycles. The number of carbonyl (C=O) groups excluding carboxylic acids is 1. The second-order valence-electron chi connectivity index (χ2n) is 2.23. The summed E-state index contributed by atoms with van der Waals surface area (Å²) in [5.74, 6) is 0.0858. The molecule has 62 valence electrons. The molecule has 0 bridgehead atoms. The van der Waals surface area contributed by atoms with E-state index in [1.165, 1.54) is 0 Å². The summed E-state index contributed by atoms with van der Waals surface area (Å²) < 4.78 is 6.84. The van der Waals surface area contributed by atoms with Gasteiger partial charge in [0.05, 0.1) is 13.2 Å². The van der Waals surface area contributed by atoms with E-state index in [1.807, 2.05) is 22.6 Å². The predicted octanol–water partition coefficient (Wildman–Crippen LogP) is 0.794. The Bertz CT molecular complexity index is 164. The van der Waals surface area contributed by atoms with E-state index in [4.69, 9.17) is 4.74 Å². The van der Waals surface area contributed by atoms with E-state index >= 15 is 0 Å². The second kappa shape index (κ2) is 4.71. The van der Waals surface area contributed by atoms with E-state index in [-0.39, 0.29) is 5.91 Å². The van der Waals surface area contributed by atoms with Crippen LogP contribution in [-0.4, -0.2) is 37.1 Å². The van der Waals surface area contributed by atoms with Crippen molar-refractivity contribution in [3.63, 3.8) is 0 Å². The van der Waals surface area contributed by atoms with Gasteiger partial charge in [-0.2, -0.15) is 0 Å². The van der Waals surface area contributed by atoms with Gasteiger partial charge < -0.3 is 9.64 Å². The fourth-order valence-corrected chi connectivity index (χ4v) is 1.25. The van der Waals surface area contributed by atoms with Crippen molar-refractivity contribution in [3.05, 3.63) is 10.2 Å². The van der Waals surface area contributed by atoms with Gasteiger partial charge in [-0.25, -0.2) is 0 Å². The molecular formula is C7H10INO2. The Morgan fingerprint density at radius 1 is 1.45 bits per heavy atom. The van der Waals surface area contributed by atoms with Crippen LogP contribution in [0.5, 0.6) is 0 Å². The maximum atomic E-state index is 11.2. The van der Waals surface area contributed by atoms with Gasteiger partial charge in [-0.3, -0.25) is 4.79 Å². The Balaban J connectivity index is 2.38. The van der Waals surface area contributed by atoms with Gasteiger partial charge in [-0.05, 0) is 4.08 Å². The second-order valence-corrected chi connectivity index (χ2v) is 2.95. The highest BCUT2D eigenvalue weighted by molar-refractivity contribution is 14.1. The Kier molecular flexibility index (Phi) is 3.85. The molecule has 0 N–H and O–H groups in total. The summed E-state index contributed by atoms with van der Waals surface area (Å²) in [7, 11) is 0. The van der Waals surface area contributed by atoms with E-state index < -0.39 is 0 Å². The van der Waals surface area contributed by atoms with E-state index in [1.54, 1.807) is 15.1 Å². The third kappa shape index (κ3) is 2.78. The van der Waals surface area contributed by atoms with Crippen LogP contribution in [0.25, 0.3) is 0 Å². The van der Waals surface area contributed by atoms with Crippen LogP contribution in [0.1, 0.15) is 0 Å². The van der Waals surface area contributed by atoms with Gasteiger partial charge in [0, 0.05) is 19.2 Å². The standard InChI is InChI=1S/C7H10INO2/c8-2-1-7(10)9-3-5-11-6-4-9/h1-2H,3-6H2/b2-1+. The Morgan fingerprint density at radius 2 is 2.09 bits per heavy atom. The molecule has 0 saturated carbocycles. The highest BCUT2D eigenvalue weighted by Crippen LogP contribution is 1.98. The monoisotopic (exact) mass is 267 g/mol. The summed E-state index contributed by atoms with van der Waals surface area (Å²) in [5, 5.41) is 0. The molecule has 4 heteroatoms. The minimum absolute atomic E-state index is 0.0858. The van der Waals surface area contributed by atoms with Gasteiger partial charge in [0.2, 0.25) is 5.91 Å². The molecule has 1 rings (SSSR count). The summed E-state index contributed by atoms with van der Waals surface area (Å²) >= 11 is 2.04. The number of hydrogen-bond acceptors (Lipinski definition) is 2. The SMILES string of the molecule is O=C(/C=C/I)N1CCOCC1. The van der Waals surface area contributed by atoms with Gasteiger partial charge in [0.1, 0.15) is 0 Å². The first-order valence-electron chi connectivity index (χ1n) is 3.48. The average molecular weight is 267 g/mol. The quantitative estimate of drug-likeness (QED) is 0.519. The molecule has 0 aliphatic carbocycles. The molecule has 0 spiro atoms. The lowest BCUT2D eigenvalue weighted by Gasteiger charge is -2.25. The predicted molar refractivity (Wildman–Crippen MR) is 50.6 cm³/mol. The van der Waals surface area contributed by atoms with E-state index in [0.717, 1.165) is 13.1 Å². The van der Waals surface area contributed by atoms with Crippen molar-refractivity contribution < 1.29 is 9.53 Å².